The molecule has 0 atom stereocenters. The van der Waals surface area contributed by atoms with Crippen molar-refractivity contribution in [2.45, 2.75) is 67.1 Å². The summed E-state index contributed by atoms with van der Waals surface area (Å²) in [5.41, 5.74) is 4.95. The summed E-state index contributed by atoms with van der Waals surface area (Å²) in [5, 5.41) is 8.06. The highest BCUT2D eigenvalue weighted by Crippen LogP contribution is 2.19. The van der Waals surface area contributed by atoms with Gasteiger partial charge in [0, 0.05) is 23.8 Å². The van der Waals surface area contributed by atoms with E-state index in [9.17, 15) is 0 Å². The predicted molar refractivity (Wildman–Crippen MR) is 85.6 cm³/mol. The van der Waals surface area contributed by atoms with Crippen LogP contribution in [0.2, 0.25) is 0 Å². The minimum Gasteiger partial charge on any atom is -0.464 e. The van der Waals surface area contributed by atoms with E-state index in [1.807, 2.05) is 11.6 Å². The Hall–Kier alpha value is -1.55. The molecule has 4 nitrogen and oxygen atoms in total. The van der Waals surface area contributed by atoms with Crippen molar-refractivity contribution in [3.05, 3.63) is 40.1 Å². The zero-order valence-corrected chi connectivity index (χ0v) is 14.1. The molecule has 116 valence electrons. The number of nitrogens with zero attached hydrogens (tertiary/aromatic N) is 2. The van der Waals surface area contributed by atoms with Crippen LogP contribution in [-0.4, -0.2) is 15.8 Å². The minimum atomic E-state index is 0.478. The fourth-order valence-corrected chi connectivity index (χ4v) is 2.70. The molecule has 4 heteroatoms. The summed E-state index contributed by atoms with van der Waals surface area (Å²) < 4.78 is 7.94. The second-order valence-electron chi connectivity index (χ2n) is 5.99. The number of nitrogens with one attached hydrogen (secondary N) is 1. The zero-order valence-electron chi connectivity index (χ0n) is 14.1. The van der Waals surface area contributed by atoms with Crippen molar-refractivity contribution in [2.24, 2.45) is 0 Å². The zero-order chi connectivity index (χ0) is 15.6. The summed E-state index contributed by atoms with van der Waals surface area (Å²) in [4.78, 5) is 0. The van der Waals surface area contributed by atoms with E-state index in [-0.39, 0.29) is 0 Å². The van der Waals surface area contributed by atoms with Gasteiger partial charge in [0.05, 0.1) is 12.2 Å². The van der Waals surface area contributed by atoms with E-state index in [0.29, 0.717) is 12.6 Å². The van der Waals surface area contributed by atoms with Gasteiger partial charge in [0.15, 0.2) is 0 Å². The Balaban J connectivity index is 2.15. The first-order chi connectivity index (χ1) is 9.92. The molecule has 0 unspecified atom stereocenters. The van der Waals surface area contributed by atoms with Crippen LogP contribution in [0.1, 0.15) is 54.8 Å². The maximum atomic E-state index is 5.89. The molecule has 0 aliphatic heterocycles. The lowest BCUT2D eigenvalue weighted by atomic mass is 10.1. The Bertz CT molecular complexity index is 608. The molecule has 0 bridgehead atoms. The summed E-state index contributed by atoms with van der Waals surface area (Å²) in [7, 11) is 0. The van der Waals surface area contributed by atoms with Crippen LogP contribution in [0.25, 0.3) is 0 Å². The van der Waals surface area contributed by atoms with E-state index in [1.54, 1.807) is 0 Å². The Kier molecular flexibility index (Phi) is 4.88. The first-order valence-corrected chi connectivity index (χ1v) is 7.76. The monoisotopic (exact) mass is 289 g/mol. The van der Waals surface area contributed by atoms with Gasteiger partial charge in [-0.25, -0.2) is 0 Å². The molecule has 0 aliphatic rings. The largest absolute Gasteiger partial charge is 0.464 e. The van der Waals surface area contributed by atoms with Crippen molar-refractivity contribution in [1.82, 2.24) is 15.1 Å². The summed E-state index contributed by atoms with van der Waals surface area (Å²) >= 11 is 0. The SMILES string of the molecule is CCc1c(C)nn(Cc2cc(CNC(C)C)c(C)o2)c1C. The van der Waals surface area contributed by atoms with E-state index in [0.717, 1.165) is 30.2 Å². The molecule has 2 aromatic heterocycles. The van der Waals surface area contributed by atoms with Gasteiger partial charge in [-0.2, -0.15) is 5.10 Å². The van der Waals surface area contributed by atoms with E-state index in [4.69, 9.17) is 4.42 Å². The van der Waals surface area contributed by atoms with Crippen LogP contribution in [0.3, 0.4) is 0 Å². The van der Waals surface area contributed by atoms with Crippen LogP contribution in [-0.2, 0) is 19.5 Å². The standard InChI is InChI=1S/C17H27N3O/c1-7-17-12(4)19-20(13(17)5)10-16-8-15(14(6)21-16)9-18-11(2)3/h8,11,18H,7,9-10H2,1-6H3. The molecule has 0 radical (unpaired) electrons. The van der Waals surface area contributed by atoms with Crippen molar-refractivity contribution >= 4 is 0 Å². The van der Waals surface area contributed by atoms with E-state index < -0.39 is 0 Å². The van der Waals surface area contributed by atoms with Gasteiger partial charge in [-0.3, -0.25) is 4.68 Å². The quantitative estimate of drug-likeness (QED) is 0.885. The van der Waals surface area contributed by atoms with Crippen molar-refractivity contribution in [1.29, 1.82) is 0 Å². The molecule has 0 amide bonds. The molecule has 1 N–H and O–H groups in total. The highest BCUT2D eigenvalue weighted by Gasteiger charge is 2.13. The normalized spacial score (nSPS) is 11.6. The van der Waals surface area contributed by atoms with E-state index in [2.05, 4.69) is 51.1 Å². The van der Waals surface area contributed by atoms with Crippen molar-refractivity contribution in [3.63, 3.8) is 0 Å². The lowest BCUT2D eigenvalue weighted by Crippen LogP contribution is -2.21. The Labute approximate surface area is 127 Å². The molecular formula is C17H27N3O. The topological polar surface area (TPSA) is 43.0 Å². The third-order valence-corrected chi connectivity index (χ3v) is 3.96. The average Bonchev–Trinajstić information content (AvgIpc) is 2.88. The number of hydrogen-bond donors (Lipinski definition) is 1. The van der Waals surface area contributed by atoms with Crippen molar-refractivity contribution < 1.29 is 4.42 Å². The second-order valence-corrected chi connectivity index (χ2v) is 5.99. The fourth-order valence-electron chi connectivity index (χ4n) is 2.70. The number of hydrogen-bond acceptors (Lipinski definition) is 3. The van der Waals surface area contributed by atoms with Crippen molar-refractivity contribution in [2.75, 3.05) is 0 Å². The molecule has 0 aliphatic carbocycles. The second kappa shape index (κ2) is 6.48. The van der Waals surface area contributed by atoms with Gasteiger partial charge < -0.3 is 9.73 Å². The van der Waals surface area contributed by atoms with Gasteiger partial charge in [0.1, 0.15) is 11.5 Å². The number of furan rings is 1. The van der Waals surface area contributed by atoms with Crippen LogP contribution in [0.4, 0.5) is 0 Å². The summed E-state index contributed by atoms with van der Waals surface area (Å²) in [6, 6.07) is 2.62. The minimum absolute atomic E-state index is 0.478. The predicted octanol–water partition coefficient (Wildman–Crippen LogP) is 3.51. The summed E-state index contributed by atoms with van der Waals surface area (Å²) in [5.74, 6) is 1.97. The van der Waals surface area contributed by atoms with Crippen LogP contribution < -0.4 is 5.32 Å². The molecule has 0 aromatic carbocycles. The molecule has 0 saturated carbocycles. The average molecular weight is 289 g/mol. The Morgan fingerprint density at radius 1 is 1.29 bits per heavy atom. The Morgan fingerprint density at radius 2 is 2.00 bits per heavy atom. The smallest absolute Gasteiger partial charge is 0.125 e. The first-order valence-electron chi connectivity index (χ1n) is 7.76. The fraction of sp³-hybridized carbons (Fsp3) is 0.588. The van der Waals surface area contributed by atoms with Crippen LogP contribution in [0, 0.1) is 20.8 Å². The van der Waals surface area contributed by atoms with Gasteiger partial charge in [-0.15, -0.1) is 0 Å². The third kappa shape index (κ3) is 3.56. The van der Waals surface area contributed by atoms with E-state index in [1.165, 1.54) is 16.8 Å². The first kappa shape index (κ1) is 15.8. The molecule has 2 rings (SSSR count). The molecule has 0 fully saturated rings. The molecule has 0 saturated heterocycles. The van der Waals surface area contributed by atoms with Crippen molar-refractivity contribution in [3.8, 4) is 0 Å². The Morgan fingerprint density at radius 3 is 2.57 bits per heavy atom. The van der Waals surface area contributed by atoms with Gasteiger partial charge in [-0.05, 0) is 38.8 Å². The molecule has 2 aromatic rings. The molecular weight excluding hydrogens is 262 g/mol. The maximum Gasteiger partial charge on any atom is 0.125 e. The van der Waals surface area contributed by atoms with Gasteiger partial charge >= 0.3 is 0 Å². The van der Waals surface area contributed by atoms with Crippen LogP contribution in [0.15, 0.2) is 10.5 Å². The molecule has 0 spiro atoms. The number of aryl methyl sites for hydroxylation is 2. The lowest BCUT2D eigenvalue weighted by molar-refractivity contribution is 0.452. The van der Waals surface area contributed by atoms with Crippen LogP contribution in [0.5, 0.6) is 0 Å². The summed E-state index contributed by atoms with van der Waals surface area (Å²) in [6.45, 7) is 14.3. The van der Waals surface area contributed by atoms with Gasteiger partial charge in [0.25, 0.3) is 0 Å². The van der Waals surface area contributed by atoms with E-state index >= 15 is 0 Å². The van der Waals surface area contributed by atoms with Crippen LogP contribution >= 0.6 is 0 Å². The molecule has 2 heterocycles. The third-order valence-electron chi connectivity index (χ3n) is 3.96. The lowest BCUT2D eigenvalue weighted by Gasteiger charge is -2.06. The number of aromatic nitrogens is 2. The highest BCUT2D eigenvalue weighted by molar-refractivity contribution is 5.26. The maximum absolute atomic E-state index is 5.89. The van der Waals surface area contributed by atoms with Gasteiger partial charge in [0.2, 0.25) is 0 Å². The summed E-state index contributed by atoms with van der Waals surface area (Å²) in [6.07, 6.45) is 1.03. The molecule has 21 heavy (non-hydrogen) atoms. The van der Waals surface area contributed by atoms with Gasteiger partial charge in [-0.1, -0.05) is 20.8 Å². The number of rotatable bonds is 6. The highest BCUT2D eigenvalue weighted by atomic mass is 16.3.